The Balaban J connectivity index is 2.14. The number of hydrogen-bond acceptors (Lipinski definition) is 4. The van der Waals surface area contributed by atoms with Crippen LogP contribution in [-0.2, 0) is 6.54 Å². The van der Waals surface area contributed by atoms with Crippen LogP contribution < -0.4 is 5.32 Å². The van der Waals surface area contributed by atoms with E-state index in [0.29, 0.717) is 0 Å². The SMILES string of the molecule is CC(C)(C)NCc1nnc(-c2ccccc2Br)s1. The third-order valence-electron chi connectivity index (χ3n) is 2.34. The third-order valence-corrected chi connectivity index (χ3v) is 3.99. The van der Waals surface area contributed by atoms with Crippen LogP contribution in [0.2, 0.25) is 0 Å². The number of nitrogens with zero attached hydrogens (tertiary/aromatic N) is 2. The largest absolute Gasteiger partial charge is 0.306 e. The molecule has 0 aliphatic rings. The molecular weight excluding hydrogens is 310 g/mol. The van der Waals surface area contributed by atoms with Gasteiger partial charge in [-0.05, 0) is 26.8 Å². The molecule has 0 saturated heterocycles. The smallest absolute Gasteiger partial charge is 0.148 e. The molecule has 0 spiro atoms. The summed E-state index contributed by atoms with van der Waals surface area (Å²) in [6.45, 7) is 7.18. The third kappa shape index (κ3) is 3.60. The fraction of sp³-hybridized carbons (Fsp3) is 0.385. The second kappa shape index (κ2) is 5.47. The molecule has 0 bridgehead atoms. The molecule has 18 heavy (non-hydrogen) atoms. The molecule has 0 radical (unpaired) electrons. The summed E-state index contributed by atoms with van der Waals surface area (Å²) >= 11 is 5.16. The lowest BCUT2D eigenvalue weighted by molar-refractivity contribution is 0.423. The summed E-state index contributed by atoms with van der Waals surface area (Å²) in [7, 11) is 0. The molecule has 0 aliphatic heterocycles. The van der Waals surface area contributed by atoms with E-state index in [0.717, 1.165) is 26.6 Å². The molecule has 3 nitrogen and oxygen atoms in total. The van der Waals surface area contributed by atoms with Crippen molar-refractivity contribution in [3.63, 3.8) is 0 Å². The summed E-state index contributed by atoms with van der Waals surface area (Å²) in [5, 5.41) is 13.8. The molecule has 0 fully saturated rings. The molecule has 0 atom stereocenters. The van der Waals surface area contributed by atoms with Gasteiger partial charge >= 0.3 is 0 Å². The molecule has 1 heterocycles. The van der Waals surface area contributed by atoms with Gasteiger partial charge in [-0.15, -0.1) is 10.2 Å². The summed E-state index contributed by atoms with van der Waals surface area (Å²) < 4.78 is 1.05. The van der Waals surface area contributed by atoms with Crippen LogP contribution in [0.15, 0.2) is 28.7 Å². The molecule has 0 amide bonds. The van der Waals surface area contributed by atoms with Crippen LogP contribution in [0.5, 0.6) is 0 Å². The molecule has 1 aromatic carbocycles. The predicted octanol–water partition coefficient (Wildman–Crippen LogP) is 3.86. The number of halogens is 1. The quantitative estimate of drug-likeness (QED) is 0.931. The van der Waals surface area contributed by atoms with E-state index in [1.807, 2.05) is 24.3 Å². The van der Waals surface area contributed by atoms with E-state index in [9.17, 15) is 0 Å². The van der Waals surface area contributed by atoms with Crippen molar-refractivity contribution in [1.29, 1.82) is 0 Å². The Morgan fingerprint density at radius 1 is 1.22 bits per heavy atom. The highest BCUT2D eigenvalue weighted by molar-refractivity contribution is 9.10. The van der Waals surface area contributed by atoms with Gasteiger partial charge in [-0.2, -0.15) is 0 Å². The fourth-order valence-corrected chi connectivity index (χ4v) is 2.83. The van der Waals surface area contributed by atoms with Crippen molar-refractivity contribution in [2.24, 2.45) is 0 Å². The normalized spacial score (nSPS) is 11.8. The highest BCUT2D eigenvalue weighted by Crippen LogP contribution is 2.30. The van der Waals surface area contributed by atoms with Gasteiger partial charge in [0.25, 0.3) is 0 Å². The zero-order chi connectivity index (χ0) is 13.2. The Kier molecular flexibility index (Phi) is 4.14. The van der Waals surface area contributed by atoms with Gasteiger partial charge in [-0.25, -0.2) is 0 Å². The maximum atomic E-state index is 4.25. The zero-order valence-electron chi connectivity index (χ0n) is 10.7. The molecule has 5 heteroatoms. The maximum Gasteiger partial charge on any atom is 0.148 e. The first-order chi connectivity index (χ1) is 8.46. The van der Waals surface area contributed by atoms with Crippen LogP contribution in [0.3, 0.4) is 0 Å². The van der Waals surface area contributed by atoms with E-state index < -0.39 is 0 Å². The van der Waals surface area contributed by atoms with Gasteiger partial charge in [0.15, 0.2) is 0 Å². The summed E-state index contributed by atoms with van der Waals surface area (Å²) in [5.41, 5.74) is 1.19. The van der Waals surface area contributed by atoms with Crippen LogP contribution in [-0.4, -0.2) is 15.7 Å². The average Bonchev–Trinajstić information content (AvgIpc) is 2.75. The predicted molar refractivity (Wildman–Crippen MR) is 79.6 cm³/mol. The topological polar surface area (TPSA) is 37.8 Å². The molecule has 96 valence electrons. The maximum absolute atomic E-state index is 4.25. The minimum absolute atomic E-state index is 0.0964. The Hall–Kier alpha value is -0.780. The number of aromatic nitrogens is 2. The first kappa shape index (κ1) is 13.6. The van der Waals surface area contributed by atoms with Crippen LogP contribution >= 0.6 is 27.3 Å². The van der Waals surface area contributed by atoms with Gasteiger partial charge in [0, 0.05) is 15.6 Å². The first-order valence-electron chi connectivity index (χ1n) is 5.78. The van der Waals surface area contributed by atoms with E-state index in [2.05, 4.69) is 52.2 Å². The van der Waals surface area contributed by atoms with Crippen LogP contribution in [0.1, 0.15) is 25.8 Å². The van der Waals surface area contributed by atoms with Crippen molar-refractivity contribution >= 4 is 27.3 Å². The van der Waals surface area contributed by atoms with Crippen molar-refractivity contribution < 1.29 is 0 Å². The van der Waals surface area contributed by atoms with Gasteiger partial charge in [-0.3, -0.25) is 0 Å². The molecule has 2 rings (SSSR count). The Morgan fingerprint density at radius 2 is 1.94 bits per heavy atom. The van der Waals surface area contributed by atoms with E-state index in [1.54, 1.807) is 11.3 Å². The molecule has 1 N–H and O–H groups in total. The van der Waals surface area contributed by atoms with Gasteiger partial charge in [0.1, 0.15) is 10.0 Å². The number of nitrogens with one attached hydrogen (secondary N) is 1. The second-order valence-electron chi connectivity index (χ2n) is 5.08. The first-order valence-corrected chi connectivity index (χ1v) is 7.39. The molecule has 1 aromatic heterocycles. The minimum atomic E-state index is 0.0964. The fourth-order valence-electron chi connectivity index (χ4n) is 1.41. The molecular formula is C13H16BrN3S. The van der Waals surface area contributed by atoms with Gasteiger partial charge in [0.2, 0.25) is 0 Å². The monoisotopic (exact) mass is 325 g/mol. The Morgan fingerprint density at radius 3 is 2.61 bits per heavy atom. The van der Waals surface area contributed by atoms with E-state index >= 15 is 0 Å². The summed E-state index contributed by atoms with van der Waals surface area (Å²) in [5.74, 6) is 0. The van der Waals surface area contributed by atoms with Crippen molar-refractivity contribution in [3.8, 4) is 10.6 Å². The Labute approximate surface area is 120 Å². The number of rotatable bonds is 3. The van der Waals surface area contributed by atoms with Crippen molar-refractivity contribution in [2.45, 2.75) is 32.9 Å². The molecule has 0 saturated carbocycles. The lowest BCUT2D eigenvalue weighted by atomic mass is 10.1. The van der Waals surface area contributed by atoms with Crippen molar-refractivity contribution in [3.05, 3.63) is 33.7 Å². The highest BCUT2D eigenvalue weighted by Gasteiger charge is 2.12. The second-order valence-corrected chi connectivity index (χ2v) is 7.00. The van der Waals surface area contributed by atoms with Crippen LogP contribution in [0.25, 0.3) is 10.6 Å². The summed E-state index contributed by atoms with van der Waals surface area (Å²) in [4.78, 5) is 0. The number of benzene rings is 1. The van der Waals surface area contributed by atoms with Crippen LogP contribution in [0, 0.1) is 0 Å². The molecule has 0 aliphatic carbocycles. The van der Waals surface area contributed by atoms with Gasteiger partial charge in [0.05, 0.1) is 6.54 Å². The average molecular weight is 326 g/mol. The molecule has 0 unspecified atom stereocenters. The Bertz CT molecular complexity index is 531. The zero-order valence-corrected chi connectivity index (χ0v) is 13.1. The van der Waals surface area contributed by atoms with E-state index in [4.69, 9.17) is 0 Å². The summed E-state index contributed by atoms with van der Waals surface area (Å²) in [6.07, 6.45) is 0. The van der Waals surface area contributed by atoms with E-state index in [-0.39, 0.29) is 5.54 Å². The van der Waals surface area contributed by atoms with Crippen LogP contribution in [0.4, 0.5) is 0 Å². The van der Waals surface area contributed by atoms with Crippen molar-refractivity contribution in [1.82, 2.24) is 15.5 Å². The molecule has 2 aromatic rings. The number of hydrogen-bond donors (Lipinski definition) is 1. The minimum Gasteiger partial charge on any atom is -0.306 e. The van der Waals surface area contributed by atoms with Gasteiger partial charge < -0.3 is 5.32 Å². The summed E-state index contributed by atoms with van der Waals surface area (Å²) in [6, 6.07) is 8.07. The highest BCUT2D eigenvalue weighted by atomic mass is 79.9. The lowest BCUT2D eigenvalue weighted by Crippen LogP contribution is -2.35. The lowest BCUT2D eigenvalue weighted by Gasteiger charge is -2.19. The van der Waals surface area contributed by atoms with Gasteiger partial charge in [-0.1, -0.05) is 45.5 Å². The van der Waals surface area contributed by atoms with Crippen molar-refractivity contribution in [2.75, 3.05) is 0 Å². The van der Waals surface area contributed by atoms with E-state index in [1.165, 1.54) is 0 Å². The standard InChI is InChI=1S/C13H16BrN3S/c1-13(2,3)15-8-11-16-17-12(18-11)9-6-4-5-7-10(9)14/h4-7,15H,8H2,1-3H3.